The van der Waals surface area contributed by atoms with Gasteiger partial charge in [-0.15, -0.1) is 21.5 Å². The lowest BCUT2D eigenvalue weighted by atomic mass is 9.99. The predicted molar refractivity (Wildman–Crippen MR) is 167 cm³/mol. The number of halogens is 1. The summed E-state index contributed by atoms with van der Waals surface area (Å²) in [6.07, 6.45) is -0.369. The molecule has 0 unspecified atom stereocenters. The highest BCUT2D eigenvalue weighted by Crippen LogP contribution is 2.39. The number of ether oxygens (including phenoxy) is 3. The van der Waals surface area contributed by atoms with E-state index in [1.54, 1.807) is 32.1 Å². The van der Waals surface area contributed by atoms with Crippen molar-refractivity contribution < 1.29 is 23.8 Å². The summed E-state index contributed by atoms with van der Waals surface area (Å²) in [5.41, 5.74) is 3.35. The van der Waals surface area contributed by atoms with Crippen LogP contribution in [0.25, 0.3) is 5.00 Å². The normalized spacial score (nSPS) is 14.4. The molecular weight excluding hydrogens is 592 g/mol. The van der Waals surface area contributed by atoms with Gasteiger partial charge in [-0.05, 0) is 59.2 Å². The molecule has 13 heteroatoms. The minimum absolute atomic E-state index is 0.107. The largest absolute Gasteiger partial charge is 0.444 e. The van der Waals surface area contributed by atoms with Gasteiger partial charge in [-0.3, -0.25) is 14.4 Å². The lowest BCUT2D eigenvalue weighted by Gasteiger charge is -2.19. The highest BCUT2D eigenvalue weighted by Gasteiger charge is 2.32. The molecule has 1 aromatic carbocycles. The molecule has 1 aliphatic rings. The number of alkyl carbamates (subject to hydrolysis) is 1. The van der Waals surface area contributed by atoms with Crippen LogP contribution in [0.3, 0.4) is 0 Å². The molecule has 3 aromatic rings. The number of nitrogens with one attached hydrogen (secondary N) is 2. The lowest BCUT2D eigenvalue weighted by molar-refractivity contribution is -0.121. The third-order valence-electron chi connectivity index (χ3n) is 6.59. The summed E-state index contributed by atoms with van der Waals surface area (Å²) in [5.74, 6) is 1.21. The maximum Gasteiger partial charge on any atom is 0.407 e. The second-order valence-electron chi connectivity index (χ2n) is 11.1. The van der Waals surface area contributed by atoms with Gasteiger partial charge in [0.1, 0.15) is 22.5 Å². The highest BCUT2D eigenvalue weighted by molar-refractivity contribution is 7.15. The van der Waals surface area contributed by atoms with Crippen molar-refractivity contribution in [3.63, 3.8) is 0 Å². The Bertz CT molecular complexity index is 1460. The molecule has 1 atom stereocenters. The molecule has 0 aliphatic carbocycles. The van der Waals surface area contributed by atoms with Crippen LogP contribution >= 0.6 is 22.9 Å². The summed E-state index contributed by atoms with van der Waals surface area (Å²) < 4.78 is 18.2. The number of amides is 2. The molecule has 0 spiro atoms. The first kappa shape index (κ1) is 32.6. The van der Waals surface area contributed by atoms with E-state index in [2.05, 4.69) is 34.7 Å². The van der Waals surface area contributed by atoms with E-state index in [0.29, 0.717) is 50.4 Å². The zero-order valence-electron chi connectivity index (χ0n) is 25.5. The van der Waals surface area contributed by atoms with Crippen molar-refractivity contribution in [2.45, 2.75) is 59.6 Å². The van der Waals surface area contributed by atoms with Crippen molar-refractivity contribution in [2.24, 2.45) is 4.99 Å². The fourth-order valence-electron chi connectivity index (χ4n) is 4.50. The highest BCUT2D eigenvalue weighted by atomic mass is 35.5. The van der Waals surface area contributed by atoms with Crippen molar-refractivity contribution in [2.75, 3.05) is 39.5 Å². The van der Waals surface area contributed by atoms with Gasteiger partial charge in [-0.25, -0.2) is 4.79 Å². The SMILES string of the molecule is Cc1sc2c(c1C)C(c1ccc(Cl)cc1)=N[C@@H](CC(=O)NCCOCCOCCNC(=O)OC(C)(C)C)c1nnc(C)n1-2. The summed E-state index contributed by atoms with van der Waals surface area (Å²) in [6.45, 7) is 13.6. The van der Waals surface area contributed by atoms with Crippen molar-refractivity contribution in [1.29, 1.82) is 0 Å². The van der Waals surface area contributed by atoms with Gasteiger partial charge >= 0.3 is 6.09 Å². The van der Waals surface area contributed by atoms with Crippen LogP contribution in [0.15, 0.2) is 29.3 Å². The average molecular weight is 631 g/mol. The van der Waals surface area contributed by atoms with E-state index < -0.39 is 17.7 Å². The maximum atomic E-state index is 13.0. The number of rotatable bonds is 12. The molecule has 0 saturated heterocycles. The third kappa shape index (κ3) is 8.62. The van der Waals surface area contributed by atoms with E-state index in [1.807, 2.05) is 35.8 Å². The minimum atomic E-state index is -0.539. The molecule has 11 nitrogen and oxygen atoms in total. The van der Waals surface area contributed by atoms with Gasteiger partial charge in [0.15, 0.2) is 5.82 Å². The van der Waals surface area contributed by atoms with Crippen molar-refractivity contribution in [3.05, 3.63) is 62.5 Å². The Morgan fingerprint density at radius 3 is 2.28 bits per heavy atom. The second-order valence-corrected chi connectivity index (χ2v) is 12.8. The minimum Gasteiger partial charge on any atom is -0.444 e. The summed E-state index contributed by atoms with van der Waals surface area (Å²) in [4.78, 5) is 31.0. The zero-order chi connectivity index (χ0) is 31.1. The molecule has 0 bridgehead atoms. The standard InChI is InChI=1S/C30H39ClN6O5S/c1-18-19(2)43-28-25(18)26(21-7-9-22(31)10-8-21)34-23(27-36-35-20(3)37(27)28)17-24(38)32-11-13-40-15-16-41-14-12-33-29(39)42-30(4,5)6/h7-10,23H,11-17H2,1-6H3,(H,32,38)(H,33,39)/t23-/m0/s1. The zero-order valence-corrected chi connectivity index (χ0v) is 27.0. The molecule has 1 aliphatic heterocycles. The van der Waals surface area contributed by atoms with E-state index in [9.17, 15) is 9.59 Å². The molecule has 2 N–H and O–H groups in total. The maximum absolute atomic E-state index is 13.0. The topological polar surface area (TPSA) is 129 Å². The van der Waals surface area contributed by atoms with Crippen LogP contribution in [-0.4, -0.2) is 77.6 Å². The van der Waals surface area contributed by atoms with E-state index in [0.717, 1.165) is 33.2 Å². The van der Waals surface area contributed by atoms with Crippen LogP contribution in [0.4, 0.5) is 4.79 Å². The first-order valence-corrected chi connectivity index (χ1v) is 15.4. The molecule has 3 heterocycles. The first-order valence-electron chi connectivity index (χ1n) is 14.2. The summed E-state index contributed by atoms with van der Waals surface area (Å²) in [6, 6.07) is 7.06. The number of fused-ring (bicyclic) bond motifs is 3. The van der Waals surface area contributed by atoms with Gasteiger partial charge < -0.3 is 24.8 Å². The number of nitrogens with zero attached hydrogens (tertiary/aromatic N) is 4. The van der Waals surface area contributed by atoms with Crippen LogP contribution in [0.5, 0.6) is 0 Å². The fourth-order valence-corrected chi connectivity index (χ4v) is 5.84. The van der Waals surface area contributed by atoms with Crippen LogP contribution in [0, 0.1) is 20.8 Å². The van der Waals surface area contributed by atoms with Gasteiger partial charge in [0.05, 0.1) is 38.6 Å². The monoisotopic (exact) mass is 630 g/mol. The smallest absolute Gasteiger partial charge is 0.407 e. The predicted octanol–water partition coefficient (Wildman–Crippen LogP) is 4.86. The Morgan fingerprint density at radius 2 is 1.63 bits per heavy atom. The number of aromatic nitrogens is 3. The Labute approximate surface area is 261 Å². The van der Waals surface area contributed by atoms with Crippen LogP contribution < -0.4 is 10.6 Å². The number of thiophene rings is 1. The number of carbonyl (C=O) groups excluding carboxylic acids is 2. The molecule has 232 valence electrons. The Morgan fingerprint density at radius 1 is 0.977 bits per heavy atom. The number of aryl methyl sites for hydroxylation is 2. The molecule has 0 radical (unpaired) electrons. The number of aliphatic imine (C=N–C) groups is 1. The Balaban J connectivity index is 1.30. The molecule has 0 fully saturated rings. The quantitative estimate of drug-likeness (QED) is 0.273. The number of carbonyl (C=O) groups is 2. The van der Waals surface area contributed by atoms with E-state index in [1.165, 1.54) is 4.88 Å². The van der Waals surface area contributed by atoms with E-state index in [4.69, 9.17) is 30.8 Å². The van der Waals surface area contributed by atoms with Gasteiger partial charge in [0, 0.05) is 34.1 Å². The van der Waals surface area contributed by atoms with Crippen LogP contribution in [-0.2, 0) is 19.0 Å². The van der Waals surface area contributed by atoms with Crippen molar-refractivity contribution in [1.82, 2.24) is 25.4 Å². The molecular formula is C30H39ClN6O5S. The second kappa shape index (κ2) is 14.4. The number of hydrogen-bond donors (Lipinski definition) is 2. The summed E-state index contributed by atoms with van der Waals surface area (Å²) in [7, 11) is 0. The molecule has 43 heavy (non-hydrogen) atoms. The van der Waals surface area contributed by atoms with Gasteiger partial charge in [-0.1, -0.05) is 23.7 Å². The molecule has 2 amide bonds. The van der Waals surface area contributed by atoms with Crippen molar-refractivity contribution in [3.8, 4) is 5.00 Å². The third-order valence-corrected chi connectivity index (χ3v) is 8.04. The number of benzene rings is 1. The number of hydrogen-bond acceptors (Lipinski definition) is 9. The van der Waals surface area contributed by atoms with Gasteiger partial charge in [0.2, 0.25) is 5.91 Å². The molecule has 2 aromatic heterocycles. The summed E-state index contributed by atoms with van der Waals surface area (Å²) in [5, 5.41) is 16.0. The van der Waals surface area contributed by atoms with E-state index in [-0.39, 0.29) is 12.3 Å². The van der Waals surface area contributed by atoms with Crippen LogP contribution in [0.1, 0.15) is 66.5 Å². The molecule has 4 rings (SSSR count). The van der Waals surface area contributed by atoms with Gasteiger partial charge in [-0.2, -0.15) is 0 Å². The molecule has 0 saturated carbocycles. The fraction of sp³-hybridized carbons (Fsp3) is 0.500. The average Bonchev–Trinajstić information content (AvgIpc) is 3.41. The van der Waals surface area contributed by atoms with Crippen molar-refractivity contribution >= 4 is 40.6 Å². The Kier molecular flexibility index (Phi) is 10.9. The van der Waals surface area contributed by atoms with E-state index >= 15 is 0 Å². The van der Waals surface area contributed by atoms with Crippen LogP contribution in [0.2, 0.25) is 5.02 Å². The lowest BCUT2D eigenvalue weighted by Crippen LogP contribution is -2.34. The van der Waals surface area contributed by atoms with Gasteiger partial charge in [0.25, 0.3) is 0 Å². The summed E-state index contributed by atoms with van der Waals surface area (Å²) >= 11 is 7.85. The first-order chi connectivity index (χ1) is 20.4. The Hall–Kier alpha value is -3.32.